The predicted octanol–water partition coefficient (Wildman–Crippen LogP) is 4.75. The molecule has 3 aromatic rings. The van der Waals surface area contributed by atoms with Crippen LogP contribution in [0.15, 0.2) is 53.7 Å². The van der Waals surface area contributed by atoms with Gasteiger partial charge in [0.25, 0.3) is 0 Å². The summed E-state index contributed by atoms with van der Waals surface area (Å²) in [5, 5.41) is 12.2. The van der Waals surface area contributed by atoms with E-state index in [2.05, 4.69) is 53.6 Å². The number of aromatic nitrogens is 3. The summed E-state index contributed by atoms with van der Waals surface area (Å²) in [6.45, 7) is 8.33. The first kappa shape index (κ1) is 22.9. The van der Waals surface area contributed by atoms with Crippen LogP contribution in [0, 0.1) is 12.8 Å². The Balaban J connectivity index is 1.59. The van der Waals surface area contributed by atoms with Crippen LogP contribution in [0.3, 0.4) is 0 Å². The Hall–Kier alpha value is -2.80. The molecule has 3 rings (SSSR count). The molecule has 0 aliphatic rings. The second-order valence-electron chi connectivity index (χ2n) is 7.98. The quantitative estimate of drug-likeness (QED) is 0.488. The number of nitrogens with zero attached hydrogens (tertiary/aromatic N) is 3. The molecule has 0 saturated carbocycles. The highest BCUT2D eigenvalue weighted by molar-refractivity contribution is 7.99. The zero-order chi connectivity index (χ0) is 22.4. The smallest absolute Gasteiger partial charge is 0.230 e. The maximum absolute atomic E-state index is 12.5. The molecule has 0 radical (unpaired) electrons. The maximum atomic E-state index is 12.5. The van der Waals surface area contributed by atoms with Gasteiger partial charge >= 0.3 is 0 Å². The normalized spacial score (nSPS) is 12.1. The van der Waals surface area contributed by atoms with Crippen molar-refractivity contribution in [2.24, 2.45) is 5.92 Å². The van der Waals surface area contributed by atoms with Crippen LogP contribution in [-0.4, -0.2) is 33.5 Å². The van der Waals surface area contributed by atoms with Crippen LogP contribution in [0.5, 0.6) is 5.75 Å². The van der Waals surface area contributed by atoms with Gasteiger partial charge in [-0.05, 0) is 61.6 Å². The Bertz CT molecular complexity index is 997. The van der Waals surface area contributed by atoms with Gasteiger partial charge in [-0.25, -0.2) is 0 Å². The number of rotatable bonds is 9. The Morgan fingerprint density at radius 3 is 2.35 bits per heavy atom. The molecule has 2 aromatic carbocycles. The maximum Gasteiger partial charge on any atom is 0.230 e. The lowest BCUT2D eigenvalue weighted by Crippen LogP contribution is -2.28. The Morgan fingerprint density at radius 2 is 1.74 bits per heavy atom. The SMILES string of the molecule is COc1ccc(-n2c(C)nnc2SCC(=O)NC(C)c2ccc(CC(C)C)cc2)cc1. The van der Waals surface area contributed by atoms with E-state index < -0.39 is 0 Å². The van der Waals surface area contributed by atoms with E-state index in [0.29, 0.717) is 11.1 Å². The first-order valence-corrected chi connectivity index (χ1v) is 11.4. The third kappa shape index (κ3) is 6.10. The summed E-state index contributed by atoms with van der Waals surface area (Å²) < 4.78 is 7.16. The summed E-state index contributed by atoms with van der Waals surface area (Å²) >= 11 is 1.37. The number of hydrogen-bond acceptors (Lipinski definition) is 5. The van der Waals surface area contributed by atoms with Crippen molar-refractivity contribution < 1.29 is 9.53 Å². The minimum Gasteiger partial charge on any atom is -0.497 e. The molecule has 7 heteroatoms. The fraction of sp³-hybridized carbons (Fsp3) is 0.375. The lowest BCUT2D eigenvalue weighted by Gasteiger charge is -2.15. The standard InChI is InChI=1S/C24H30N4O2S/c1-16(2)14-19-6-8-20(9-7-19)17(3)25-23(29)15-31-24-27-26-18(4)28(24)21-10-12-22(30-5)13-11-21/h6-13,16-17H,14-15H2,1-5H3,(H,25,29). The Morgan fingerprint density at radius 1 is 1.06 bits per heavy atom. The van der Waals surface area contributed by atoms with Gasteiger partial charge in [0.2, 0.25) is 5.91 Å². The molecule has 0 fully saturated rings. The van der Waals surface area contributed by atoms with Crippen LogP contribution in [0.4, 0.5) is 0 Å². The fourth-order valence-corrected chi connectivity index (χ4v) is 4.18. The van der Waals surface area contributed by atoms with E-state index in [4.69, 9.17) is 4.74 Å². The first-order valence-electron chi connectivity index (χ1n) is 10.4. The van der Waals surface area contributed by atoms with E-state index in [1.54, 1.807) is 7.11 Å². The van der Waals surface area contributed by atoms with Crippen LogP contribution in [0.1, 0.15) is 43.8 Å². The monoisotopic (exact) mass is 438 g/mol. The van der Waals surface area contributed by atoms with Crippen molar-refractivity contribution in [3.63, 3.8) is 0 Å². The zero-order valence-electron chi connectivity index (χ0n) is 18.8. The number of aryl methyl sites for hydroxylation is 1. The number of methoxy groups -OCH3 is 1. The van der Waals surface area contributed by atoms with Crippen LogP contribution >= 0.6 is 11.8 Å². The molecule has 164 valence electrons. The largest absolute Gasteiger partial charge is 0.497 e. The van der Waals surface area contributed by atoms with Gasteiger partial charge in [-0.15, -0.1) is 10.2 Å². The third-order valence-corrected chi connectivity index (χ3v) is 5.89. The topological polar surface area (TPSA) is 69.0 Å². The van der Waals surface area contributed by atoms with Gasteiger partial charge in [0.05, 0.1) is 18.9 Å². The molecule has 6 nitrogen and oxygen atoms in total. The van der Waals surface area contributed by atoms with Gasteiger partial charge in [0.15, 0.2) is 5.16 Å². The summed E-state index contributed by atoms with van der Waals surface area (Å²) in [6.07, 6.45) is 1.06. The molecule has 0 aliphatic carbocycles. The van der Waals surface area contributed by atoms with Crippen LogP contribution in [0.2, 0.25) is 0 Å². The molecule has 1 atom stereocenters. The molecule has 1 aromatic heterocycles. The number of benzene rings is 2. The van der Waals surface area contributed by atoms with Gasteiger partial charge in [-0.1, -0.05) is 49.9 Å². The van der Waals surface area contributed by atoms with Gasteiger partial charge in [0.1, 0.15) is 11.6 Å². The predicted molar refractivity (Wildman–Crippen MR) is 125 cm³/mol. The lowest BCUT2D eigenvalue weighted by molar-refractivity contribution is -0.119. The molecule has 0 bridgehead atoms. The molecule has 0 spiro atoms. The minimum atomic E-state index is -0.0533. The zero-order valence-corrected chi connectivity index (χ0v) is 19.6. The number of carbonyl (C=O) groups excluding carboxylic acids is 1. The molecule has 31 heavy (non-hydrogen) atoms. The van der Waals surface area contributed by atoms with Crippen molar-refractivity contribution >= 4 is 17.7 Å². The highest BCUT2D eigenvalue weighted by Gasteiger charge is 2.15. The second kappa shape index (κ2) is 10.5. The van der Waals surface area contributed by atoms with Crippen LogP contribution < -0.4 is 10.1 Å². The number of amides is 1. The van der Waals surface area contributed by atoms with E-state index in [0.717, 1.165) is 29.2 Å². The Kier molecular flexibility index (Phi) is 7.74. The van der Waals surface area contributed by atoms with Crippen molar-refractivity contribution in [2.45, 2.75) is 45.3 Å². The molecule has 1 unspecified atom stereocenters. The van der Waals surface area contributed by atoms with Crippen molar-refractivity contribution in [1.82, 2.24) is 20.1 Å². The number of thioether (sulfide) groups is 1. The van der Waals surface area contributed by atoms with Crippen molar-refractivity contribution in [3.05, 3.63) is 65.5 Å². The molecule has 1 heterocycles. The molecule has 1 N–H and O–H groups in total. The van der Waals surface area contributed by atoms with Gasteiger partial charge < -0.3 is 10.1 Å². The molecule has 0 saturated heterocycles. The highest BCUT2D eigenvalue weighted by Crippen LogP contribution is 2.24. The number of ether oxygens (including phenoxy) is 1. The van der Waals surface area contributed by atoms with E-state index in [1.807, 2.05) is 42.7 Å². The number of nitrogens with one attached hydrogen (secondary N) is 1. The minimum absolute atomic E-state index is 0.0364. The van der Waals surface area contributed by atoms with E-state index in [1.165, 1.54) is 17.3 Å². The summed E-state index contributed by atoms with van der Waals surface area (Å²) in [5.74, 6) is 2.41. The first-order chi connectivity index (χ1) is 14.9. The van der Waals surface area contributed by atoms with Crippen LogP contribution in [0.25, 0.3) is 5.69 Å². The molecular formula is C24H30N4O2S. The van der Waals surface area contributed by atoms with Gasteiger partial charge in [-0.3, -0.25) is 9.36 Å². The number of hydrogen-bond donors (Lipinski definition) is 1. The molecular weight excluding hydrogens is 408 g/mol. The lowest BCUT2D eigenvalue weighted by atomic mass is 10.00. The second-order valence-corrected chi connectivity index (χ2v) is 8.92. The highest BCUT2D eigenvalue weighted by atomic mass is 32.2. The van der Waals surface area contributed by atoms with Crippen LogP contribution in [-0.2, 0) is 11.2 Å². The van der Waals surface area contributed by atoms with E-state index >= 15 is 0 Å². The van der Waals surface area contributed by atoms with Gasteiger partial charge in [0, 0.05) is 5.69 Å². The summed E-state index contributed by atoms with van der Waals surface area (Å²) in [7, 11) is 1.64. The average Bonchev–Trinajstić information content (AvgIpc) is 3.12. The van der Waals surface area contributed by atoms with E-state index in [9.17, 15) is 4.79 Å². The number of carbonyl (C=O) groups is 1. The van der Waals surface area contributed by atoms with E-state index in [-0.39, 0.29) is 17.7 Å². The van der Waals surface area contributed by atoms with Crippen molar-refractivity contribution in [1.29, 1.82) is 0 Å². The fourth-order valence-electron chi connectivity index (χ4n) is 3.38. The molecule has 0 aliphatic heterocycles. The van der Waals surface area contributed by atoms with Gasteiger partial charge in [-0.2, -0.15) is 0 Å². The third-order valence-electron chi connectivity index (χ3n) is 4.96. The summed E-state index contributed by atoms with van der Waals surface area (Å²) in [6, 6.07) is 16.1. The Labute approximate surface area is 188 Å². The van der Waals surface area contributed by atoms with Crippen molar-refractivity contribution in [2.75, 3.05) is 12.9 Å². The average molecular weight is 439 g/mol. The molecule has 1 amide bonds. The summed E-state index contributed by atoms with van der Waals surface area (Å²) in [4.78, 5) is 12.5. The van der Waals surface area contributed by atoms with Crippen molar-refractivity contribution in [3.8, 4) is 11.4 Å². The summed E-state index contributed by atoms with van der Waals surface area (Å²) in [5.41, 5.74) is 3.35.